The monoisotopic (exact) mass is 376 g/mol. The standard InChI is InChI=1S/C23H36O4/c1-15(14-24)13-22(26)10-11-23(27)19-5-4-16-12-17(25)6-8-20(16,2)18(19)7-9-21(22,23)3/h13-14,16-19,25-27H,4-12H2,1-3H3/b15-13+/t16-,17+,18+,19-,20+,21-,22+,23+/m1/s1. The summed E-state index contributed by atoms with van der Waals surface area (Å²) in [6.07, 6.45) is 10.1. The zero-order chi connectivity index (χ0) is 19.7. The molecule has 0 aliphatic heterocycles. The Morgan fingerprint density at radius 2 is 1.70 bits per heavy atom. The maximum atomic E-state index is 12.0. The molecule has 4 aliphatic carbocycles. The lowest BCUT2D eigenvalue weighted by atomic mass is 9.43. The highest BCUT2D eigenvalue weighted by Gasteiger charge is 2.71. The molecule has 0 heterocycles. The van der Waals surface area contributed by atoms with Crippen molar-refractivity contribution >= 4 is 6.29 Å². The first-order valence-corrected chi connectivity index (χ1v) is 10.9. The van der Waals surface area contributed by atoms with Gasteiger partial charge in [-0.25, -0.2) is 0 Å². The summed E-state index contributed by atoms with van der Waals surface area (Å²) in [5, 5.41) is 33.7. The molecular formula is C23H36O4. The fourth-order valence-electron chi connectivity index (χ4n) is 7.90. The largest absolute Gasteiger partial charge is 0.393 e. The Balaban J connectivity index is 1.69. The normalized spacial score (nSPS) is 55.4. The van der Waals surface area contributed by atoms with Crippen molar-refractivity contribution in [3.63, 3.8) is 0 Å². The molecule has 0 bridgehead atoms. The van der Waals surface area contributed by atoms with Gasteiger partial charge in [0.2, 0.25) is 0 Å². The molecule has 0 aromatic heterocycles. The first kappa shape index (κ1) is 19.6. The first-order valence-electron chi connectivity index (χ1n) is 10.9. The Hall–Kier alpha value is -0.710. The zero-order valence-electron chi connectivity index (χ0n) is 17.1. The van der Waals surface area contributed by atoms with Crippen molar-refractivity contribution in [3.05, 3.63) is 11.6 Å². The van der Waals surface area contributed by atoms with Gasteiger partial charge in [-0.2, -0.15) is 0 Å². The average Bonchev–Trinajstić information content (AvgIpc) is 2.83. The fraction of sp³-hybridized carbons (Fsp3) is 0.870. The molecule has 4 fully saturated rings. The number of hydrogen-bond donors (Lipinski definition) is 3. The van der Waals surface area contributed by atoms with Gasteiger partial charge < -0.3 is 15.3 Å². The summed E-state index contributed by atoms with van der Waals surface area (Å²) >= 11 is 0. The predicted octanol–water partition coefficient (Wildman–Crippen LogP) is 3.38. The van der Waals surface area contributed by atoms with E-state index < -0.39 is 16.6 Å². The molecule has 4 aliphatic rings. The summed E-state index contributed by atoms with van der Waals surface area (Å²) in [6, 6.07) is 0. The molecule has 8 atom stereocenters. The Kier molecular flexibility index (Phi) is 4.46. The van der Waals surface area contributed by atoms with E-state index in [1.165, 1.54) is 0 Å². The molecule has 27 heavy (non-hydrogen) atoms. The van der Waals surface area contributed by atoms with Crippen LogP contribution < -0.4 is 0 Å². The van der Waals surface area contributed by atoms with Crippen molar-refractivity contribution in [1.29, 1.82) is 0 Å². The summed E-state index contributed by atoms with van der Waals surface area (Å²) in [5.41, 5.74) is -1.87. The van der Waals surface area contributed by atoms with Crippen LogP contribution in [0.2, 0.25) is 0 Å². The molecule has 152 valence electrons. The molecule has 4 rings (SSSR count). The molecule has 0 spiro atoms. The first-order chi connectivity index (χ1) is 12.6. The summed E-state index contributed by atoms with van der Waals surface area (Å²) in [7, 11) is 0. The lowest BCUT2D eigenvalue weighted by Gasteiger charge is -2.64. The minimum Gasteiger partial charge on any atom is -0.393 e. The van der Waals surface area contributed by atoms with E-state index in [9.17, 15) is 20.1 Å². The minimum absolute atomic E-state index is 0.162. The molecule has 0 unspecified atom stereocenters. The third-order valence-corrected chi connectivity index (χ3v) is 9.68. The van der Waals surface area contributed by atoms with Crippen LogP contribution in [0.15, 0.2) is 11.6 Å². The maximum absolute atomic E-state index is 12.0. The van der Waals surface area contributed by atoms with Crippen molar-refractivity contribution in [3.8, 4) is 0 Å². The van der Waals surface area contributed by atoms with Crippen LogP contribution in [0.4, 0.5) is 0 Å². The van der Waals surface area contributed by atoms with Gasteiger partial charge in [-0.15, -0.1) is 0 Å². The molecule has 0 amide bonds. The Morgan fingerprint density at radius 3 is 2.41 bits per heavy atom. The van der Waals surface area contributed by atoms with Crippen LogP contribution in [0.3, 0.4) is 0 Å². The van der Waals surface area contributed by atoms with E-state index in [2.05, 4.69) is 6.92 Å². The number of carbonyl (C=O) groups excluding carboxylic acids is 1. The summed E-state index contributed by atoms with van der Waals surface area (Å²) in [5.74, 6) is 1.21. The topological polar surface area (TPSA) is 77.8 Å². The number of allylic oxidation sites excluding steroid dienone is 1. The van der Waals surface area contributed by atoms with Crippen molar-refractivity contribution in [2.75, 3.05) is 0 Å². The predicted molar refractivity (Wildman–Crippen MR) is 104 cm³/mol. The van der Waals surface area contributed by atoms with Gasteiger partial charge in [0.25, 0.3) is 0 Å². The molecule has 0 radical (unpaired) electrons. The average molecular weight is 377 g/mol. The van der Waals surface area contributed by atoms with Crippen molar-refractivity contribution < 1.29 is 20.1 Å². The quantitative estimate of drug-likeness (QED) is 0.510. The van der Waals surface area contributed by atoms with Crippen molar-refractivity contribution in [1.82, 2.24) is 0 Å². The van der Waals surface area contributed by atoms with E-state index in [-0.39, 0.29) is 17.4 Å². The summed E-state index contributed by atoms with van der Waals surface area (Å²) in [4.78, 5) is 11.2. The second kappa shape index (κ2) is 6.14. The van der Waals surface area contributed by atoms with Crippen LogP contribution in [-0.2, 0) is 4.79 Å². The van der Waals surface area contributed by atoms with E-state index in [4.69, 9.17) is 0 Å². The highest BCUT2D eigenvalue weighted by molar-refractivity contribution is 5.72. The molecule has 4 nitrogen and oxygen atoms in total. The van der Waals surface area contributed by atoms with Gasteiger partial charge in [-0.3, -0.25) is 4.79 Å². The van der Waals surface area contributed by atoms with Crippen LogP contribution in [0, 0.1) is 28.6 Å². The highest BCUT2D eigenvalue weighted by atomic mass is 16.3. The van der Waals surface area contributed by atoms with Crippen molar-refractivity contribution in [2.45, 2.75) is 95.9 Å². The van der Waals surface area contributed by atoms with Gasteiger partial charge in [0.15, 0.2) is 0 Å². The van der Waals surface area contributed by atoms with E-state index >= 15 is 0 Å². The summed E-state index contributed by atoms with van der Waals surface area (Å²) < 4.78 is 0. The second-order valence-corrected chi connectivity index (χ2v) is 10.6. The van der Waals surface area contributed by atoms with Crippen LogP contribution in [0.25, 0.3) is 0 Å². The Labute approximate surface area is 163 Å². The van der Waals surface area contributed by atoms with Gasteiger partial charge in [0.05, 0.1) is 17.3 Å². The third kappa shape index (κ3) is 2.49. The molecule has 3 N–H and O–H groups in total. The van der Waals surface area contributed by atoms with Crippen LogP contribution in [0.1, 0.15) is 78.6 Å². The lowest BCUT2D eigenvalue weighted by Crippen LogP contribution is -2.65. The Bertz CT molecular complexity index is 659. The SMILES string of the molecule is C/C(C=O)=C\[C@@]1(O)CC[C@]2(O)[C@@H]3CC[C@@H]4C[C@@H](O)CC[C@]4(C)[C@H]3CC[C@]12C. The number of hydrogen-bond acceptors (Lipinski definition) is 4. The number of aliphatic hydroxyl groups excluding tert-OH is 1. The smallest absolute Gasteiger partial charge is 0.145 e. The molecular weight excluding hydrogens is 340 g/mol. The number of fused-ring (bicyclic) bond motifs is 5. The van der Waals surface area contributed by atoms with E-state index in [0.29, 0.717) is 30.3 Å². The van der Waals surface area contributed by atoms with Crippen LogP contribution in [0.5, 0.6) is 0 Å². The van der Waals surface area contributed by atoms with Gasteiger partial charge in [-0.1, -0.05) is 13.8 Å². The van der Waals surface area contributed by atoms with Gasteiger partial charge in [0, 0.05) is 5.41 Å². The third-order valence-electron chi connectivity index (χ3n) is 9.68. The lowest BCUT2D eigenvalue weighted by molar-refractivity contribution is -0.227. The Morgan fingerprint density at radius 1 is 0.963 bits per heavy atom. The van der Waals surface area contributed by atoms with Gasteiger partial charge in [0.1, 0.15) is 6.29 Å². The maximum Gasteiger partial charge on any atom is 0.145 e. The number of rotatable bonds is 2. The van der Waals surface area contributed by atoms with Gasteiger partial charge in [-0.05, 0) is 99.5 Å². The second-order valence-electron chi connectivity index (χ2n) is 10.6. The van der Waals surface area contributed by atoms with Crippen LogP contribution >= 0.6 is 0 Å². The molecule has 0 aromatic rings. The van der Waals surface area contributed by atoms with Gasteiger partial charge >= 0.3 is 0 Å². The highest BCUT2D eigenvalue weighted by Crippen LogP contribution is 2.70. The minimum atomic E-state index is -1.11. The van der Waals surface area contributed by atoms with Crippen LogP contribution in [-0.4, -0.2) is 38.9 Å². The number of aldehydes is 1. The molecule has 4 saturated carbocycles. The number of carbonyl (C=O) groups is 1. The van der Waals surface area contributed by atoms with E-state index in [1.54, 1.807) is 13.0 Å². The zero-order valence-corrected chi connectivity index (χ0v) is 17.1. The van der Waals surface area contributed by atoms with E-state index in [0.717, 1.165) is 51.2 Å². The molecule has 0 saturated heterocycles. The summed E-state index contributed by atoms with van der Waals surface area (Å²) in [6.45, 7) is 6.17. The number of aliphatic hydroxyl groups is 3. The fourth-order valence-corrected chi connectivity index (χ4v) is 7.90. The van der Waals surface area contributed by atoms with Crippen molar-refractivity contribution in [2.24, 2.45) is 28.6 Å². The molecule has 0 aromatic carbocycles. The van der Waals surface area contributed by atoms with E-state index in [1.807, 2.05) is 6.92 Å². The molecule has 4 heteroatoms.